The van der Waals surface area contributed by atoms with Crippen molar-refractivity contribution in [2.45, 2.75) is 44.6 Å². The van der Waals surface area contributed by atoms with Crippen LogP contribution in [0.25, 0.3) is 0 Å². The largest absolute Gasteiger partial charge is 0.484 e. The van der Waals surface area contributed by atoms with Crippen LogP contribution in [0.15, 0.2) is 48.5 Å². The predicted octanol–water partition coefficient (Wildman–Crippen LogP) is 1.92. The van der Waals surface area contributed by atoms with Crippen LogP contribution in [0, 0.1) is 0 Å². The molecular weight excluding hydrogens is 816 g/mol. The van der Waals surface area contributed by atoms with Gasteiger partial charge in [0.1, 0.15) is 11.5 Å². The molecule has 0 bridgehead atoms. The van der Waals surface area contributed by atoms with E-state index in [0.29, 0.717) is 24.6 Å². The maximum absolute atomic E-state index is 13.4. The van der Waals surface area contributed by atoms with E-state index in [4.69, 9.17) is 42.0 Å². The molecule has 18 heteroatoms. The molecule has 3 aliphatic heterocycles. The predicted molar refractivity (Wildman–Crippen MR) is 237 cm³/mol. The van der Waals surface area contributed by atoms with Crippen LogP contribution in [-0.4, -0.2) is 166 Å². The summed E-state index contributed by atoms with van der Waals surface area (Å²) in [4.78, 5) is 50.8. The lowest BCUT2D eigenvalue weighted by Crippen LogP contribution is -2.60. The van der Waals surface area contributed by atoms with Gasteiger partial charge >= 0.3 is 0 Å². The summed E-state index contributed by atoms with van der Waals surface area (Å²) in [6.45, 7) is 12.8. The molecule has 0 saturated carbocycles. The first-order valence-electron chi connectivity index (χ1n) is 21.9. The second kappa shape index (κ2) is 24.2. The van der Waals surface area contributed by atoms with Gasteiger partial charge in [0.15, 0.2) is 35.7 Å². The highest BCUT2D eigenvalue weighted by molar-refractivity contribution is 6.31. The van der Waals surface area contributed by atoms with Gasteiger partial charge in [0.05, 0.1) is 58.6 Å². The Morgan fingerprint density at radius 3 is 1.74 bits per heavy atom. The number of nitrogens with zero attached hydrogens (tertiary/aromatic N) is 5. The zero-order valence-corrected chi connectivity index (χ0v) is 36.5. The highest BCUT2D eigenvalue weighted by atomic mass is 35.5. The van der Waals surface area contributed by atoms with E-state index in [1.165, 1.54) is 11.1 Å². The normalized spacial score (nSPS) is 18.1. The minimum absolute atomic E-state index is 0.0189. The third kappa shape index (κ3) is 15.2. The number of amides is 3. The van der Waals surface area contributed by atoms with Gasteiger partial charge in [-0.3, -0.25) is 24.2 Å². The standard InChI is InChI=1S/C44H63ClN10O7/c45-41-43(47)52-42(46)40(51-41)44(58)50-35-6-3-25-55(30-35,23-1-4-33-7-11-36(12-8-33)61-31-38(56)48-15-17-53-19-26-59-27-20-53)24-2-5-34-9-13-37(14-10-34)62-32-39(57)49-16-18-54-21-28-60-29-22-54/h7-14,35H,1-6,15-32H2,(H6-,46,47,48,49,50,52,56,57,58)/p+1. The van der Waals surface area contributed by atoms with Crippen LogP contribution in [-0.2, 0) is 31.9 Å². The van der Waals surface area contributed by atoms with Gasteiger partial charge in [-0.15, -0.1) is 0 Å². The van der Waals surface area contributed by atoms with Crippen molar-refractivity contribution in [3.05, 3.63) is 70.5 Å². The van der Waals surface area contributed by atoms with Crippen LogP contribution >= 0.6 is 11.6 Å². The van der Waals surface area contributed by atoms with Gasteiger partial charge in [0.25, 0.3) is 17.7 Å². The lowest BCUT2D eigenvalue weighted by atomic mass is 9.99. The quantitative estimate of drug-likeness (QED) is 0.0916. The molecule has 0 spiro atoms. The summed E-state index contributed by atoms with van der Waals surface area (Å²) in [5.74, 6) is 0.543. The number of carbonyl (C=O) groups is 3. The third-order valence-corrected chi connectivity index (χ3v) is 12.0. The fourth-order valence-corrected chi connectivity index (χ4v) is 8.45. The van der Waals surface area contributed by atoms with Gasteiger partial charge in [0, 0.05) is 65.2 Å². The Balaban J connectivity index is 0.980. The first-order chi connectivity index (χ1) is 30.1. The first kappa shape index (κ1) is 46.7. The number of likely N-dealkylation sites (tertiary alicyclic amines) is 1. The van der Waals surface area contributed by atoms with E-state index in [1.807, 2.05) is 24.3 Å². The monoisotopic (exact) mass is 879 g/mol. The topological polar surface area (TPSA) is 209 Å². The zero-order valence-electron chi connectivity index (χ0n) is 35.8. The van der Waals surface area contributed by atoms with E-state index in [9.17, 15) is 14.4 Å². The Hall–Kier alpha value is -4.78. The number of carbonyl (C=O) groups excluding carboxylic acids is 3. The second-order valence-electron chi connectivity index (χ2n) is 16.3. The van der Waals surface area contributed by atoms with Crippen molar-refractivity contribution in [1.29, 1.82) is 0 Å². The summed E-state index contributed by atoms with van der Waals surface area (Å²) in [6.07, 6.45) is 5.44. The molecule has 62 heavy (non-hydrogen) atoms. The van der Waals surface area contributed by atoms with Crippen LogP contribution in [0.5, 0.6) is 11.5 Å². The zero-order chi connectivity index (χ0) is 43.6. The molecule has 0 aliphatic carbocycles. The molecule has 7 N–H and O–H groups in total. The highest BCUT2D eigenvalue weighted by Gasteiger charge is 2.36. The van der Waals surface area contributed by atoms with E-state index in [-0.39, 0.29) is 53.6 Å². The molecule has 1 atom stereocenters. The Morgan fingerprint density at radius 1 is 0.742 bits per heavy atom. The Kier molecular flexibility index (Phi) is 18.2. The van der Waals surface area contributed by atoms with Crippen LogP contribution in [0.2, 0.25) is 5.15 Å². The van der Waals surface area contributed by atoms with Crippen molar-refractivity contribution >= 4 is 41.0 Å². The van der Waals surface area contributed by atoms with E-state index in [2.05, 4.69) is 60.0 Å². The van der Waals surface area contributed by atoms with Crippen molar-refractivity contribution in [3.63, 3.8) is 0 Å². The number of rotatable bonds is 22. The minimum Gasteiger partial charge on any atom is -0.484 e. The Labute approximate surface area is 369 Å². The molecule has 3 amide bonds. The molecular formula is C44H64ClN10O7+. The van der Waals surface area contributed by atoms with Crippen LogP contribution < -0.4 is 36.9 Å². The molecule has 3 saturated heterocycles. The molecule has 4 heterocycles. The maximum atomic E-state index is 13.4. The lowest BCUT2D eigenvalue weighted by molar-refractivity contribution is -0.933. The number of piperidine rings is 1. The van der Waals surface area contributed by atoms with Crippen molar-refractivity contribution in [2.75, 3.05) is 130 Å². The number of nitrogens with two attached hydrogens (primary N) is 2. The second-order valence-corrected chi connectivity index (χ2v) is 16.7. The number of hydrogen-bond donors (Lipinski definition) is 5. The van der Waals surface area contributed by atoms with Crippen LogP contribution in [0.4, 0.5) is 11.6 Å². The summed E-state index contributed by atoms with van der Waals surface area (Å²) < 4.78 is 23.2. The van der Waals surface area contributed by atoms with Crippen molar-refractivity contribution in [2.24, 2.45) is 0 Å². The number of morpholine rings is 2. The molecule has 338 valence electrons. The molecule has 6 rings (SSSR count). The van der Waals surface area contributed by atoms with E-state index >= 15 is 0 Å². The number of benzene rings is 2. The summed E-state index contributed by atoms with van der Waals surface area (Å²) in [6, 6.07) is 15.8. The number of nitrogens with one attached hydrogen (secondary N) is 3. The fourth-order valence-electron chi connectivity index (χ4n) is 8.32. The Bertz CT molecular complexity index is 1790. The number of quaternary nitrogens is 1. The summed E-state index contributed by atoms with van der Waals surface area (Å²) in [5.41, 5.74) is 14.1. The summed E-state index contributed by atoms with van der Waals surface area (Å²) in [5, 5.41) is 8.98. The number of hydrogen-bond acceptors (Lipinski definition) is 13. The average molecular weight is 881 g/mol. The molecule has 17 nitrogen and oxygen atoms in total. The van der Waals surface area contributed by atoms with Gasteiger partial charge < -0.3 is 50.8 Å². The number of halogens is 1. The Morgan fingerprint density at radius 2 is 1.24 bits per heavy atom. The number of aromatic nitrogens is 2. The van der Waals surface area contributed by atoms with Crippen molar-refractivity contribution < 1.29 is 37.8 Å². The molecule has 3 aliphatic rings. The first-order valence-corrected chi connectivity index (χ1v) is 22.3. The third-order valence-electron chi connectivity index (χ3n) is 11.7. The van der Waals surface area contributed by atoms with Crippen molar-refractivity contribution in [3.8, 4) is 11.5 Å². The molecule has 2 aromatic carbocycles. The van der Waals surface area contributed by atoms with E-state index < -0.39 is 5.91 Å². The van der Waals surface area contributed by atoms with Gasteiger partial charge in [-0.25, -0.2) is 9.97 Å². The molecule has 3 fully saturated rings. The number of nitrogen functional groups attached to an aromatic ring is 2. The number of aryl methyl sites for hydroxylation is 2. The molecule has 3 aromatic rings. The summed E-state index contributed by atoms with van der Waals surface area (Å²) in [7, 11) is 0. The lowest BCUT2D eigenvalue weighted by Gasteiger charge is -2.45. The van der Waals surface area contributed by atoms with Crippen LogP contribution in [0.3, 0.4) is 0 Å². The van der Waals surface area contributed by atoms with E-state index in [1.54, 1.807) is 0 Å². The number of anilines is 2. The van der Waals surface area contributed by atoms with Crippen molar-refractivity contribution in [1.82, 2.24) is 35.7 Å². The minimum atomic E-state index is -0.414. The van der Waals surface area contributed by atoms with Gasteiger partial charge in [-0.2, -0.15) is 0 Å². The van der Waals surface area contributed by atoms with Gasteiger partial charge in [-0.05, 0) is 61.1 Å². The van der Waals surface area contributed by atoms with Gasteiger partial charge in [0.2, 0.25) is 0 Å². The van der Waals surface area contributed by atoms with Crippen LogP contribution in [0.1, 0.15) is 47.3 Å². The summed E-state index contributed by atoms with van der Waals surface area (Å²) >= 11 is 6.09. The van der Waals surface area contributed by atoms with E-state index in [0.717, 1.165) is 135 Å². The average Bonchev–Trinajstić information content (AvgIpc) is 3.28. The fraction of sp³-hybridized carbons (Fsp3) is 0.568. The van der Waals surface area contributed by atoms with Gasteiger partial charge in [-0.1, -0.05) is 35.9 Å². The maximum Gasteiger partial charge on any atom is 0.274 e. The number of ether oxygens (including phenoxy) is 4. The molecule has 1 aromatic heterocycles. The molecule has 1 unspecified atom stereocenters. The SMILES string of the molecule is Nc1nc(N)c(C(=O)NC2CCC[N+](CCCc3ccc(OCC(=O)NCCN4CCOCC4)cc3)(CCCc3ccc(OCC(=O)NCCN4CCOCC4)cc3)C2)nc1Cl. The molecule has 0 radical (unpaired) electrons. The smallest absolute Gasteiger partial charge is 0.274 e. The highest BCUT2D eigenvalue weighted by Crippen LogP contribution is 2.25.